The van der Waals surface area contributed by atoms with Crippen LogP contribution >= 0.6 is 0 Å². The maximum atomic E-state index is 11.9. The zero-order valence-electron chi connectivity index (χ0n) is 11.2. The van der Waals surface area contributed by atoms with E-state index in [4.69, 9.17) is 0 Å². The van der Waals surface area contributed by atoms with E-state index in [1.165, 1.54) is 22.8 Å². The zero-order valence-corrected chi connectivity index (χ0v) is 11.2. The van der Waals surface area contributed by atoms with E-state index in [9.17, 15) is 14.4 Å². The van der Waals surface area contributed by atoms with Gasteiger partial charge in [0, 0.05) is 26.2 Å². The van der Waals surface area contributed by atoms with Crippen LogP contribution in [0.3, 0.4) is 0 Å². The summed E-state index contributed by atoms with van der Waals surface area (Å²) in [5.41, 5.74) is 0.221. The highest BCUT2D eigenvalue weighted by Crippen LogP contribution is 2.10. The smallest absolute Gasteiger partial charge is 0.356 e. The molecule has 0 saturated carbocycles. The SMILES string of the molecule is COC(=O)c1cc(NC(=O)N2CCNC(=O)C2)nn1C. The van der Waals surface area contributed by atoms with Crippen LogP contribution in [0.15, 0.2) is 6.07 Å². The second kappa shape index (κ2) is 5.59. The highest BCUT2D eigenvalue weighted by Gasteiger charge is 2.22. The maximum Gasteiger partial charge on any atom is 0.356 e. The third-order valence-electron chi connectivity index (χ3n) is 2.83. The predicted octanol–water partition coefficient (Wildman–Crippen LogP) is -0.830. The van der Waals surface area contributed by atoms with Gasteiger partial charge in [-0.15, -0.1) is 0 Å². The van der Waals surface area contributed by atoms with Crippen LogP contribution in [0.5, 0.6) is 0 Å². The summed E-state index contributed by atoms with van der Waals surface area (Å²) in [6, 6.07) is 0.975. The van der Waals surface area contributed by atoms with E-state index in [2.05, 4.69) is 20.5 Å². The summed E-state index contributed by atoms with van der Waals surface area (Å²) in [6.45, 7) is 0.846. The molecule has 0 atom stereocenters. The van der Waals surface area contributed by atoms with Crippen LogP contribution in [0.4, 0.5) is 10.6 Å². The molecule has 1 aromatic rings. The van der Waals surface area contributed by atoms with E-state index in [1.807, 2.05) is 0 Å². The summed E-state index contributed by atoms with van der Waals surface area (Å²) in [5.74, 6) is -0.524. The molecule has 0 unspecified atom stereocenters. The lowest BCUT2D eigenvalue weighted by molar-refractivity contribution is -0.123. The molecule has 108 valence electrons. The molecule has 1 saturated heterocycles. The molecular weight excluding hydrogens is 266 g/mol. The fourth-order valence-electron chi connectivity index (χ4n) is 1.82. The monoisotopic (exact) mass is 281 g/mol. The predicted molar refractivity (Wildman–Crippen MR) is 68.1 cm³/mol. The Kier molecular flexibility index (Phi) is 3.87. The van der Waals surface area contributed by atoms with Crippen molar-refractivity contribution in [1.82, 2.24) is 20.0 Å². The number of esters is 1. The zero-order chi connectivity index (χ0) is 14.7. The van der Waals surface area contributed by atoms with Crippen molar-refractivity contribution in [1.29, 1.82) is 0 Å². The van der Waals surface area contributed by atoms with Gasteiger partial charge in [0.25, 0.3) is 0 Å². The molecular formula is C11H15N5O4. The molecule has 1 fully saturated rings. The average molecular weight is 281 g/mol. The summed E-state index contributed by atoms with van der Waals surface area (Å²) >= 11 is 0. The van der Waals surface area contributed by atoms with Crippen molar-refractivity contribution in [2.24, 2.45) is 7.05 Å². The molecule has 20 heavy (non-hydrogen) atoms. The average Bonchev–Trinajstić information content (AvgIpc) is 2.78. The van der Waals surface area contributed by atoms with E-state index in [1.54, 1.807) is 7.05 Å². The molecule has 0 bridgehead atoms. The molecule has 9 heteroatoms. The minimum atomic E-state index is -0.544. The van der Waals surface area contributed by atoms with E-state index in [-0.39, 0.29) is 24.0 Å². The molecule has 0 aliphatic carbocycles. The second-order valence-corrected chi connectivity index (χ2v) is 4.23. The van der Waals surface area contributed by atoms with Gasteiger partial charge in [-0.3, -0.25) is 14.8 Å². The lowest BCUT2D eigenvalue weighted by Crippen LogP contribution is -2.51. The fraction of sp³-hybridized carbons (Fsp3) is 0.455. The van der Waals surface area contributed by atoms with Gasteiger partial charge in [0.15, 0.2) is 5.82 Å². The third kappa shape index (κ3) is 2.87. The van der Waals surface area contributed by atoms with Crippen molar-refractivity contribution in [3.05, 3.63) is 11.8 Å². The second-order valence-electron chi connectivity index (χ2n) is 4.23. The number of piperazine rings is 1. The van der Waals surface area contributed by atoms with Gasteiger partial charge in [-0.05, 0) is 0 Å². The van der Waals surface area contributed by atoms with E-state index < -0.39 is 12.0 Å². The van der Waals surface area contributed by atoms with Gasteiger partial charge in [-0.2, -0.15) is 5.10 Å². The van der Waals surface area contributed by atoms with Crippen LogP contribution < -0.4 is 10.6 Å². The number of anilines is 1. The van der Waals surface area contributed by atoms with Crippen molar-refractivity contribution in [2.75, 3.05) is 32.1 Å². The highest BCUT2D eigenvalue weighted by molar-refractivity contribution is 5.94. The quantitative estimate of drug-likeness (QED) is 0.688. The van der Waals surface area contributed by atoms with Crippen LogP contribution in [-0.2, 0) is 16.6 Å². The van der Waals surface area contributed by atoms with Crippen LogP contribution in [0.2, 0.25) is 0 Å². The van der Waals surface area contributed by atoms with Gasteiger partial charge in [-0.1, -0.05) is 0 Å². The number of aromatic nitrogens is 2. The lowest BCUT2D eigenvalue weighted by atomic mass is 10.4. The minimum Gasteiger partial charge on any atom is -0.464 e. The molecule has 2 heterocycles. The molecule has 0 aromatic carbocycles. The molecule has 1 aromatic heterocycles. The molecule has 0 spiro atoms. The Morgan fingerprint density at radius 3 is 2.90 bits per heavy atom. The largest absolute Gasteiger partial charge is 0.464 e. The number of nitrogens with one attached hydrogen (secondary N) is 2. The lowest BCUT2D eigenvalue weighted by Gasteiger charge is -2.26. The van der Waals surface area contributed by atoms with Crippen molar-refractivity contribution >= 4 is 23.7 Å². The number of hydrogen-bond acceptors (Lipinski definition) is 5. The van der Waals surface area contributed by atoms with E-state index >= 15 is 0 Å². The van der Waals surface area contributed by atoms with E-state index in [0.29, 0.717) is 13.1 Å². The van der Waals surface area contributed by atoms with Crippen LogP contribution in [0, 0.1) is 0 Å². The number of hydrogen-bond donors (Lipinski definition) is 2. The van der Waals surface area contributed by atoms with Gasteiger partial charge < -0.3 is 15.0 Å². The minimum absolute atomic E-state index is 0.00251. The maximum absolute atomic E-state index is 11.9. The summed E-state index contributed by atoms with van der Waals surface area (Å²) < 4.78 is 5.90. The molecule has 9 nitrogen and oxygen atoms in total. The van der Waals surface area contributed by atoms with Crippen LogP contribution in [0.1, 0.15) is 10.5 Å². The van der Waals surface area contributed by atoms with Gasteiger partial charge in [0.05, 0.1) is 7.11 Å². The molecule has 1 aliphatic heterocycles. The Hall–Kier alpha value is -2.58. The van der Waals surface area contributed by atoms with Crippen LogP contribution in [-0.4, -0.2) is 59.3 Å². The number of ether oxygens (including phenoxy) is 1. The number of carbonyl (C=O) groups is 3. The molecule has 2 N–H and O–H groups in total. The number of aryl methyl sites for hydroxylation is 1. The topological polar surface area (TPSA) is 106 Å². The van der Waals surface area contributed by atoms with Gasteiger partial charge in [-0.25, -0.2) is 9.59 Å². The Labute approximate surface area is 114 Å². The van der Waals surface area contributed by atoms with Crippen molar-refractivity contribution in [3.63, 3.8) is 0 Å². The van der Waals surface area contributed by atoms with Crippen molar-refractivity contribution < 1.29 is 19.1 Å². The van der Waals surface area contributed by atoms with Gasteiger partial charge in [0.2, 0.25) is 5.91 Å². The summed E-state index contributed by atoms with van der Waals surface area (Å²) in [4.78, 5) is 35.9. The first-order valence-corrected chi connectivity index (χ1v) is 5.96. The highest BCUT2D eigenvalue weighted by atomic mass is 16.5. The van der Waals surface area contributed by atoms with Crippen molar-refractivity contribution in [2.45, 2.75) is 0 Å². The standard InChI is InChI=1S/C11H15N5O4/c1-15-7(10(18)20-2)5-8(14-15)13-11(19)16-4-3-12-9(17)6-16/h5H,3-4,6H2,1-2H3,(H,12,17)(H,13,14,19). The number of amides is 3. The number of carbonyl (C=O) groups excluding carboxylic acids is 3. The normalized spacial score (nSPS) is 14.7. The number of methoxy groups -OCH3 is 1. The fourth-order valence-corrected chi connectivity index (χ4v) is 1.82. The van der Waals surface area contributed by atoms with Gasteiger partial charge in [0.1, 0.15) is 12.2 Å². The first-order chi connectivity index (χ1) is 9.51. The Bertz CT molecular complexity index is 553. The first-order valence-electron chi connectivity index (χ1n) is 5.96. The summed E-state index contributed by atoms with van der Waals surface area (Å²) in [6.07, 6.45) is 0. The summed E-state index contributed by atoms with van der Waals surface area (Å²) in [5, 5.41) is 9.15. The Morgan fingerprint density at radius 1 is 1.50 bits per heavy atom. The molecule has 2 rings (SSSR count). The van der Waals surface area contributed by atoms with Crippen LogP contribution in [0.25, 0.3) is 0 Å². The Balaban J connectivity index is 2.04. The molecule has 1 aliphatic rings. The van der Waals surface area contributed by atoms with E-state index in [0.717, 1.165) is 0 Å². The number of urea groups is 1. The number of rotatable bonds is 2. The third-order valence-corrected chi connectivity index (χ3v) is 2.83. The molecule has 0 radical (unpaired) electrons. The number of nitrogens with zero attached hydrogens (tertiary/aromatic N) is 3. The first kappa shape index (κ1) is 13.8. The van der Waals surface area contributed by atoms with Gasteiger partial charge >= 0.3 is 12.0 Å². The molecule has 3 amide bonds. The van der Waals surface area contributed by atoms with Crippen molar-refractivity contribution in [3.8, 4) is 0 Å². The summed E-state index contributed by atoms with van der Waals surface area (Å²) in [7, 11) is 2.83. The Morgan fingerprint density at radius 2 is 2.25 bits per heavy atom.